The third-order valence-corrected chi connectivity index (χ3v) is 4.62. The molecule has 0 saturated heterocycles. The molecule has 0 unspecified atom stereocenters. The van der Waals surface area contributed by atoms with Crippen molar-refractivity contribution in [2.45, 2.75) is 6.92 Å². The molecular formula is C24H22FN3O4. The molecule has 164 valence electrons. The third kappa shape index (κ3) is 5.91. The second-order valence-corrected chi connectivity index (χ2v) is 6.99. The van der Waals surface area contributed by atoms with Crippen molar-refractivity contribution in [2.24, 2.45) is 5.73 Å². The van der Waals surface area contributed by atoms with E-state index in [-0.39, 0.29) is 24.6 Å². The number of primary amides is 1. The minimum Gasteiger partial charge on any atom is -0.457 e. The zero-order valence-corrected chi connectivity index (χ0v) is 17.4. The van der Waals surface area contributed by atoms with Gasteiger partial charge in [0.1, 0.15) is 17.3 Å². The Morgan fingerprint density at radius 1 is 0.781 bits per heavy atom. The molecule has 3 aromatic rings. The first-order valence-electron chi connectivity index (χ1n) is 9.84. The molecule has 7 nitrogen and oxygen atoms in total. The first-order valence-corrected chi connectivity index (χ1v) is 9.84. The van der Waals surface area contributed by atoms with Gasteiger partial charge in [-0.3, -0.25) is 14.4 Å². The molecule has 3 amide bonds. The van der Waals surface area contributed by atoms with Crippen molar-refractivity contribution in [3.8, 4) is 11.5 Å². The second kappa shape index (κ2) is 10.2. The molecule has 4 N–H and O–H groups in total. The van der Waals surface area contributed by atoms with E-state index in [1.807, 2.05) is 0 Å². The van der Waals surface area contributed by atoms with Crippen molar-refractivity contribution >= 4 is 17.7 Å². The average molecular weight is 435 g/mol. The van der Waals surface area contributed by atoms with Gasteiger partial charge in [0.15, 0.2) is 0 Å². The number of ether oxygens (including phenoxy) is 1. The number of rotatable bonds is 8. The standard InChI is InChI=1S/C24H22FN3O4/c1-15-2-3-18(14-21(15)25)24(31)28-13-12-27-23(30)17-6-10-20(11-7-17)32-19-8-4-16(5-9-19)22(26)29/h2-11,14H,12-13H2,1H3,(H2,26,29)(H,27,30)(H,28,31). The van der Waals surface area contributed by atoms with Gasteiger partial charge in [-0.05, 0) is 73.2 Å². The fourth-order valence-electron chi connectivity index (χ4n) is 2.79. The predicted molar refractivity (Wildman–Crippen MR) is 117 cm³/mol. The normalized spacial score (nSPS) is 10.3. The van der Waals surface area contributed by atoms with Crippen molar-refractivity contribution < 1.29 is 23.5 Å². The summed E-state index contributed by atoms with van der Waals surface area (Å²) in [7, 11) is 0. The molecule has 3 rings (SSSR count). The number of aryl methyl sites for hydroxylation is 1. The van der Waals surface area contributed by atoms with Crippen molar-refractivity contribution in [1.29, 1.82) is 0 Å². The molecule has 3 aromatic carbocycles. The van der Waals surface area contributed by atoms with Gasteiger partial charge in [-0.2, -0.15) is 0 Å². The third-order valence-electron chi connectivity index (χ3n) is 4.62. The summed E-state index contributed by atoms with van der Waals surface area (Å²) in [4.78, 5) is 35.4. The number of carbonyl (C=O) groups excluding carboxylic acids is 3. The Morgan fingerprint density at radius 3 is 1.75 bits per heavy atom. The van der Waals surface area contributed by atoms with Crippen LogP contribution < -0.4 is 21.1 Å². The van der Waals surface area contributed by atoms with Gasteiger partial charge in [-0.1, -0.05) is 6.07 Å². The fourth-order valence-corrected chi connectivity index (χ4v) is 2.79. The molecule has 0 aliphatic rings. The van der Waals surface area contributed by atoms with Crippen LogP contribution in [0, 0.1) is 12.7 Å². The number of hydrogen-bond acceptors (Lipinski definition) is 4. The van der Waals surface area contributed by atoms with E-state index in [1.54, 1.807) is 61.5 Å². The molecular weight excluding hydrogens is 413 g/mol. The lowest BCUT2D eigenvalue weighted by atomic mass is 10.1. The van der Waals surface area contributed by atoms with E-state index in [9.17, 15) is 18.8 Å². The summed E-state index contributed by atoms with van der Waals surface area (Å²) in [5, 5.41) is 5.33. The molecule has 0 heterocycles. The van der Waals surface area contributed by atoms with Gasteiger partial charge in [0.2, 0.25) is 5.91 Å². The topological polar surface area (TPSA) is 111 Å². The van der Waals surface area contributed by atoms with Crippen LogP contribution in [0.4, 0.5) is 4.39 Å². The number of benzene rings is 3. The maximum absolute atomic E-state index is 13.6. The summed E-state index contributed by atoms with van der Waals surface area (Å²) in [5.41, 5.74) is 6.70. The molecule has 0 aliphatic heterocycles. The van der Waals surface area contributed by atoms with E-state index in [2.05, 4.69) is 10.6 Å². The maximum Gasteiger partial charge on any atom is 0.251 e. The van der Waals surface area contributed by atoms with Crippen molar-refractivity contribution in [2.75, 3.05) is 13.1 Å². The summed E-state index contributed by atoms with van der Waals surface area (Å²) < 4.78 is 19.2. The summed E-state index contributed by atoms with van der Waals surface area (Å²) >= 11 is 0. The fraction of sp³-hybridized carbons (Fsp3) is 0.125. The van der Waals surface area contributed by atoms with Crippen molar-refractivity contribution in [3.63, 3.8) is 0 Å². The van der Waals surface area contributed by atoms with Gasteiger partial charge in [0.25, 0.3) is 11.8 Å². The van der Waals surface area contributed by atoms with Gasteiger partial charge in [-0.15, -0.1) is 0 Å². The highest BCUT2D eigenvalue weighted by molar-refractivity contribution is 5.95. The first-order chi connectivity index (χ1) is 15.3. The van der Waals surface area contributed by atoms with Crippen molar-refractivity contribution in [3.05, 3.63) is 94.8 Å². The molecule has 0 bridgehead atoms. The minimum atomic E-state index is -0.518. The van der Waals surface area contributed by atoms with E-state index < -0.39 is 17.6 Å². The number of nitrogens with one attached hydrogen (secondary N) is 2. The number of amides is 3. The molecule has 0 saturated carbocycles. The summed E-state index contributed by atoms with van der Waals surface area (Å²) in [6, 6.07) is 17.1. The monoisotopic (exact) mass is 435 g/mol. The molecule has 32 heavy (non-hydrogen) atoms. The van der Waals surface area contributed by atoms with Crippen LogP contribution in [0.2, 0.25) is 0 Å². The Morgan fingerprint density at radius 2 is 1.25 bits per heavy atom. The Hall–Kier alpha value is -4.20. The summed E-state index contributed by atoms with van der Waals surface area (Å²) in [5.74, 6) is -0.638. The Labute approximate surface area is 184 Å². The zero-order chi connectivity index (χ0) is 23.1. The molecule has 0 radical (unpaired) electrons. The van der Waals surface area contributed by atoms with Gasteiger partial charge < -0.3 is 21.1 Å². The van der Waals surface area contributed by atoms with E-state index in [0.717, 1.165) is 0 Å². The highest BCUT2D eigenvalue weighted by Crippen LogP contribution is 2.22. The van der Waals surface area contributed by atoms with E-state index in [0.29, 0.717) is 28.2 Å². The molecule has 0 atom stereocenters. The van der Waals surface area contributed by atoms with Crippen LogP contribution in [0.5, 0.6) is 11.5 Å². The lowest BCUT2D eigenvalue weighted by Crippen LogP contribution is -2.34. The van der Waals surface area contributed by atoms with Crippen molar-refractivity contribution in [1.82, 2.24) is 10.6 Å². The highest BCUT2D eigenvalue weighted by atomic mass is 19.1. The largest absolute Gasteiger partial charge is 0.457 e. The van der Waals surface area contributed by atoms with Crippen LogP contribution in [-0.4, -0.2) is 30.8 Å². The average Bonchev–Trinajstić information content (AvgIpc) is 2.79. The van der Waals surface area contributed by atoms with Crippen LogP contribution in [0.15, 0.2) is 66.7 Å². The zero-order valence-electron chi connectivity index (χ0n) is 17.4. The smallest absolute Gasteiger partial charge is 0.251 e. The highest BCUT2D eigenvalue weighted by Gasteiger charge is 2.09. The summed E-state index contributed by atoms with van der Waals surface area (Å²) in [6.45, 7) is 2.03. The Bertz CT molecular complexity index is 1130. The predicted octanol–water partition coefficient (Wildman–Crippen LogP) is 3.19. The van der Waals surface area contributed by atoms with Gasteiger partial charge in [-0.25, -0.2) is 4.39 Å². The molecule has 8 heteroatoms. The molecule has 0 fully saturated rings. The molecule has 0 aromatic heterocycles. The number of nitrogens with two attached hydrogens (primary N) is 1. The van der Waals surface area contributed by atoms with Crippen LogP contribution in [0.1, 0.15) is 36.6 Å². The van der Waals surface area contributed by atoms with Crippen LogP contribution in [0.25, 0.3) is 0 Å². The van der Waals surface area contributed by atoms with Crippen LogP contribution >= 0.6 is 0 Å². The van der Waals surface area contributed by atoms with E-state index >= 15 is 0 Å². The van der Waals surface area contributed by atoms with Crippen LogP contribution in [0.3, 0.4) is 0 Å². The van der Waals surface area contributed by atoms with E-state index in [4.69, 9.17) is 10.5 Å². The lowest BCUT2D eigenvalue weighted by molar-refractivity contribution is 0.0927. The van der Waals surface area contributed by atoms with Gasteiger partial charge >= 0.3 is 0 Å². The molecule has 0 spiro atoms. The van der Waals surface area contributed by atoms with Gasteiger partial charge in [0.05, 0.1) is 0 Å². The number of hydrogen-bond donors (Lipinski definition) is 3. The Balaban J connectivity index is 1.45. The van der Waals surface area contributed by atoms with E-state index in [1.165, 1.54) is 12.1 Å². The van der Waals surface area contributed by atoms with Crippen LogP contribution in [-0.2, 0) is 0 Å². The number of halogens is 1. The van der Waals surface area contributed by atoms with Gasteiger partial charge in [0, 0.05) is 29.8 Å². The quantitative estimate of drug-likeness (QED) is 0.472. The first kappa shape index (κ1) is 22.5. The Kier molecular flexibility index (Phi) is 7.17. The second-order valence-electron chi connectivity index (χ2n) is 6.99. The molecule has 0 aliphatic carbocycles. The maximum atomic E-state index is 13.6. The SMILES string of the molecule is Cc1ccc(C(=O)NCCNC(=O)c2ccc(Oc3ccc(C(N)=O)cc3)cc2)cc1F. The minimum absolute atomic E-state index is 0.197. The number of carbonyl (C=O) groups is 3. The summed E-state index contributed by atoms with van der Waals surface area (Å²) in [6.07, 6.45) is 0. The lowest BCUT2D eigenvalue weighted by Gasteiger charge is -2.09.